The lowest BCUT2D eigenvalue weighted by Crippen LogP contribution is -2.03. The van der Waals surface area contributed by atoms with Gasteiger partial charge in [0.05, 0.1) is 0 Å². The maximum absolute atomic E-state index is 12.1. The van der Waals surface area contributed by atoms with Gasteiger partial charge in [0.25, 0.3) is 0 Å². The van der Waals surface area contributed by atoms with Crippen LogP contribution in [0.25, 0.3) is 0 Å². The Balaban J connectivity index is 2.21. The van der Waals surface area contributed by atoms with Gasteiger partial charge in [0.15, 0.2) is 5.78 Å². The number of benzene rings is 1. The van der Waals surface area contributed by atoms with E-state index in [-0.39, 0.29) is 5.78 Å². The average Bonchev–Trinajstić information content (AvgIpc) is 2.62. The van der Waals surface area contributed by atoms with Crippen LogP contribution in [0, 0.1) is 13.8 Å². The first-order chi connectivity index (χ1) is 8.06. The van der Waals surface area contributed by atoms with Crippen molar-refractivity contribution in [2.45, 2.75) is 20.3 Å². The predicted molar refractivity (Wildman–Crippen MR) is 76.0 cm³/mol. The molecule has 1 aromatic heterocycles. The minimum absolute atomic E-state index is 0.170. The van der Waals surface area contributed by atoms with Crippen LogP contribution in [0.2, 0.25) is 0 Å². The summed E-state index contributed by atoms with van der Waals surface area (Å²) in [6, 6.07) is 6.27. The first-order valence-corrected chi connectivity index (χ1v) is 7.12. The zero-order valence-corrected chi connectivity index (χ0v) is 12.2. The highest BCUT2D eigenvalue weighted by Gasteiger charge is 2.11. The Morgan fingerprint density at radius 2 is 1.82 bits per heavy atom. The zero-order valence-electron chi connectivity index (χ0n) is 9.79. The molecule has 3 heteroatoms. The van der Waals surface area contributed by atoms with E-state index in [2.05, 4.69) is 48.0 Å². The van der Waals surface area contributed by atoms with E-state index in [0.717, 1.165) is 15.6 Å². The molecule has 0 saturated heterocycles. The van der Waals surface area contributed by atoms with Crippen LogP contribution in [0.5, 0.6) is 0 Å². The molecule has 0 atom stereocenters. The molecule has 88 valence electrons. The highest BCUT2D eigenvalue weighted by atomic mass is 79.9. The van der Waals surface area contributed by atoms with Crippen LogP contribution in [0.3, 0.4) is 0 Å². The van der Waals surface area contributed by atoms with Gasteiger partial charge in [-0.25, -0.2) is 0 Å². The van der Waals surface area contributed by atoms with E-state index in [1.54, 1.807) is 11.3 Å². The first kappa shape index (κ1) is 12.5. The molecule has 0 spiro atoms. The smallest absolute Gasteiger partial charge is 0.169 e. The number of ketones is 1. The summed E-state index contributed by atoms with van der Waals surface area (Å²) >= 11 is 4.94. The lowest BCUT2D eigenvalue weighted by atomic mass is 10.0. The lowest BCUT2D eigenvalue weighted by molar-refractivity contribution is 0.0992. The monoisotopic (exact) mass is 308 g/mol. The van der Waals surface area contributed by atoms with Gasteiger partial charge in [0.1, 0.15) is 0 Å². The van der Waals surface area contributed by atoms with Gasteiger partial charge in [-0.05, 0) is 35.3 Å². The van der Waals surface area contributed by atoms with Crippen LogP contribution in [0.15, 0.2) is 33.4 Å². The Morgan fingerprint density at radius 1 is 1.18 bits per heavy atom. The number of hydrogen-bond acceptors (Lipinski definition) is 2. The van der Waals surface area contributed by atoms with E-state index in [1.165, 1.54) is 11.1 Å². The van der Waals surface area contributed by atoms with Crippen molar-refractivity contribution in [2.24, 2.45) is 0 Å². The summed E-state index contributed by atoms with van der Waals surface area (Å²) < 4.78 is 0.900. The number of carbonyl (C=O) groups excluding carboxylic acids is 1. The molecule has 1 nitrogen and oxygen atoms in total. The molecule has 0 amide bonds. The van der Waals surface area contributed by atoms with Gasteiger partial charge in [0.2, 0.25) is 0 Å². The van der Waals surface area contributed by atoms with Gasteiger partial charge in [-0.15, -0.1) is 0 Å². The highest BCUT2D eigenvalue weighted by molar-refractivity contribution is 9.10. The Morgan fingerprint density at radius 3 is 2.35 bits per heavy atom. The molecule has 0 unspecified atom stereocenters. The standard InChI is InChI=1S/C14H13BrOS/c1-9-3-10(2)5-11(4-9)6-14(16)12-7-17-8-13(12)15/h3-5,7-8H,6H2,1-2H3. The van der Waals surface area contributed by atoms with Crippen molar-refractivity contribution in [3.05, 3.63) is 55.7 Å². The van der Waals surface area contributed by atoms with Gasteiger partial charge in [-0.1, -0.05) is 29.3 Å². The maximum Gasteiger partial charge on any atom is 0.169 e. The van der Waals surface area contributed by atoms with E-state index in [1.807, 2.05) is 10.8 Å². The molecule has 0 aliphatic carbocycles. The van der Waals surface area contributed by atoms with Crippen LogP contribution in [0.1, 0.15) is 27.0 Å². The molecule has 0 aliphatic rings. The first-order valence-electron chi connectivity index (χ1n) is 5.38. The number of hydrogen-bond donors (Lipinski definition) is 0. The Labute approximate surface area is 114 Å². The van der Waals surface area contributed by atoms with Gasteiger partial charge in [0, 0.05) is 27.2 Å². The van der Waals surface area contributed by atoms with Crippen LogP contribution >= 0.6 is 27.3 Å². The minimum Gasteiger partial charge on any atom is -0.294 e. The summed E-state index contributed by atoms with van der Waals surface area (Å²) in [5.74, 6) is 0.170. The summed E-state index contributed by atoms with van der Waals surface area (Å²) in [5.41, 5.74) is 4.29. The Kier molecular flexibility index (Phi) is 3.79. The van der Waals surface area contributed by atoms with Crippen LogP contribution in [0.4, 0.5) is 0 Å². The summed E-state index contributed by atoms with van der Waals surface area (Å²) in [4.78, 5) is 12.1. The molecular weight excluding hydrogens is 296 g/mol. The predicted octanol–water partition coefficient (Wildman–Crippen LogP) is 4.55. The summed E-state index contributed by atoms with van der Waals surface area (Å²) in [7, 11) is 0. The number of halogens is 1. The molecule has 2 aromatic rings. The fourth-order valence-electron chi connectivity index (χ4n) is 1.93. The fourth-order valence-corrected chi connectivity index (χ4v) is 3.45. The summed E-state index contributed by atoms with van der Waals surface area (Å²) in [6.07, 6.45) is 0.470. The average molecular weight is 309 g/mol. The third-order valence-electron chi connectivity index (χ3n) is 2.56. The molecule has 0 saturated carbocycles. The Bertz CT molecular complexity index is 537. The number of thiophene rings is 1. The Hall–Kier alpha value is -0.930. The third-order valence-corrected chi connectivity index (χ3v) is 4.26. The van der Waals surface area contributed by atoms with Crippen LogP contribution in [-0.4, -0.2) is 5.78 Å². The second-order valence-electron chi connectivity index (χ2n) is 4.23. The minimum atomic E-state index is 0.170. The number of rotatable bonds is 3. The molecule has 17 heavy (non-hydrogen) atoms. The fraction of sp³-hybridized carbons (Fsp3) is 0.214. The molecule has 0 bridgehead atoms. The van der Waals surface area contributed by atoms with Crippen molar-refractivity contribution in [2.75, 3.05) is 0 Å². The molecule has 0 aliphatic heterocycles. The normalized spacial score (nSPS) is 10.5. The van der Waals surface area contributed by atoms with Crippen molar-refractivity contribution < 1.29 is 4.79 Å². The number of Topliss-reactive ketones (excluding diaryl/α,β-unsaturated/α-hetero) is 1. The van der Waals surface area contributed by atoms with Gasteiger partial charge < -0.3 is 0 Å². The van der Waals surface area contributed by atoms with Crippen molar-refractivity contribution in [3.8, 4) is 0 Å². The van der Waals surface area contributed by atoms with E-state index >= 15 is 0 Å². The van der Waals surface area contributed by atoms with Gasteiger partial charge in [-0.3, -0.25) is 4.79 Å². The molecule has 1 aromatic carbocycles. The number of aryl methyl sites for hydroxylation is 2. The topological polar surface area (TPSA) is 17.1 Å². The molecule has 0 fully saturated rings. The van der Waals surface area contributed by atoms with Crippen molar-refractivity contribution in [1.29, 1.82) is 0 Å². The highest BCUT2D eigenvalue weighted by Crippen LogP contribution is 2.23. The van der Waals surface area contributed by atoms with Crippen LogP contribution in [-0.2, 0) is 6.42 Å². The number of carbonyl (C=O) groups is 1. The third kappa shape index (κ3) is 3.05. The molecule has 2 rings (SSSR count). The molecular formula is C14H13BrOS. The van der Waals surface area contributed by atoms with E-state index in [0.29, 0.717) is 6.42 Å². The second-order valence-corrected chi connectivity index (χ2v) is 5.83. The van der Waals surface area contributed by atoms with Crippen molar-refractivity contribution in [1.82, 2.24) is 0 Å². The van der Waals surface area contributed by atoms with E-state index in [9.17, 15) is 4.79 Å². The maximum atomic E-state index is 12.1. The molecule has 1 heterocycles. The van der Waals surface area contributed by atoms with Crippen molar-refractivity contribution in [3.63, 3.8) is 0 Å². The molecule has 0 N–H and O–H groups in total. The largest absolute Gasteiger partial charge is 0.294 e. The summed E-state index contributed by atoms with van der Waals surface area (Å²) in [6.45, 7) is 4.11. The SMILES string of the molecule is Cc1cc(C)cc(CC(=O)c2cscc2Br)c1. The molecule has 0 radical (unpaired) electrons. The quantitative estimate of drug-likeness (QED) is 0.760. The zero-order chi connectivity index (χ0) is 12.4. The van der Waals surface area contributed by atoms with Crippen LogP contribution < -0.4 is 0 Å². The van der Waals surface area contributed by atoms with E-state index in [4.69, 9.17) is 0 Å². The second kappa shape index (κ2) is 5.15. The van der Waals surface area contributed by atoms with Gasteiger partial charge in [-0.2, -0.15) is 11.3 Å². The van der Waals surface area contributed by atoms with Crippen molar-refractivity contribution >= 4 is 33.0 Å². The lowest BCUT2D eigenvalue weighted by Gasteiger charge is -2.04. The summed E-state index contributed by atoms with van der Waals surface area (Å²) in [5, 5.41) is 3.84. The van der Waals surface area contributed by atoms with Gasteiger partial charge >= 0.3 is 0 Å². The van der Waals surface area contributed by atoms with E-state index < -0.39 is 0 Å².